The van der Waals surface area contributed by atoms with E-state index in [2.05, 4.69) is 5.32 Å². The van der Waals surface area contributed by atoms with E-state index in [1.54, 1.807) is 16.8 Å². The molecule has 0 spiro atoms. The lowest BCUT2D eigenvalue weighted by Gasteiger charge is -2.15. The Hall–Kier alpha value is -4.20. The van der Waals surface area contributed by atoms with Crippen molar-refractivity contribution < 1.29 is 24.2 Å². The molecule has 0 saturated carbocycles. The Morgan fingerprint density at radius 3 is 2.58 bits per heavy atom. The molecular formula is C23H21N3O5. The van der Waals surface area contributed by atoms with Gasteiger partial charge in [-0.3, -0.25) is 0 Å². The van der Waals surface area contributed by atoms with Crippen LogP contribution in [0, 0.1) is 13.8 Å². The van der Waals surface area contributed by atoms with Gasteiger partial charge in [-0.25, -0.2) is 9.48 Å². The van der Waals surface area contributed by atoms with E-state index < -0.39 is 5.97 Å². The Morgan fingerprint density at radius 1 is 1.16 bits per heavy atom. The summed E-state index contributed by atoms with van der Waals surface area (Å²) in [6, 6.07) is 14.0. The van der Waals surface area contributed by atoms with E-state index in [-0.39, 0.29) is 11.5 Å². The highest BCUT2D eigenvalue weighted by atomic mass is 16.5. The van der Waals surface area contributed by atoms with Crippen molar-refractivity contribution in [2.75, 3.05) is 12.4 Å². The largest absolute Gasteiger partial charge is 0.497 e. The number of aromatic hydroxyl groups is 1. The number of rotatable bonds is 6. The van der Waals surface area contributed by atoms with Crippen molar-refractivity contribution in [3.8, 4) is 28.5 Å². The minimum absolute atomic E-state index is 0.0514. The third kappa shape index (κ3) is 3.71. The summed E-state index contributed by atoms with van der Waals surface area (Å²) < 4.78 is 12.0. The molecule has 2 aromatic carbocycles. The van der Waals surface area contributed by atoms with Crippen LogP contribution in [0.5, 0.6) is 11.7 Å². The predicted octanol–water partition coefficient (Wildman–Crippen LogP) is 4.91. The van der Waals surface area contributed by atoms with Gasteiger partial charge in [-0.1, -0.05) is 18.2 Å². The lowest BCUT2D eigenvalue weighted by atomic mass is 10.1. The van der Waals surface area contributed by atoms with E-state index in [4.69, 9.17) is 14.3 Å². The second-order valence-electron chi connectivity index (χ2n) is 7.02. The number of carboxylic acid groups (broad SMARTS) is 1. The molecule has 8 heteroatoms. The summed E-state index contributed by atoms with van der Waals surface area (Å²) in [6.07, 6.45) is 1.43. The maximum atomic E-state index is 11.9. The lowest BCUT2D eigenvalue weighted by Crippen LogP contribution is -2.08. The fourth-order valence-corrected chi connectivity index (χ4v) is 3.48. The van der Waals surface area contributed by atoms with Crippen LogP contribution in [0.1, 0.15) is 21.6 Å². The van der Waals surface area contributed by atoms with Gasteiger partial charge < -0.3 is 24.7 Å². The first-order valence-electron chi connectivity index (χ1n) is 9.51. The van der Waals surface area contributed by atoms with Crippen LogP contribution in [0.25, 0.3) is 16.8 Å². The number of furan rings is 1. The number of nitrogens with zero attached hydrogens (tertiary/aromatic N) is 2. The van der Waals surface area contributed by atoms with E-state index in [1.165, 1.54) is 25.5 Å². The molecule has 0 aliphatic rings. The van der Waals surface area contributed by atoms with E-state index >= 15 is 0 Å². The molecule has 2 aromatic heterocycles. The van der Waals surface area contributed by atoms with E-state index in [0.29, 0.717) is 34.1 Å². The molecule has 3 N–H and O–H groups in total. The molecule has 0 aliphatic heterocycles. The van der Waals surface area contributed by atoms with Crippen molar-refractivity contribution in [1.82, 2.24) is 9.78 Å². The number of ether oxygens (including phenoxy) is 1. The van der Waals surface area contributed by atoms with Crippen molar-refractivity contribution in [3.63, 3.8) is 0 Å². The number of methoxy groups -OCH3 is 1. The molecule has 0 saturated heterocycles. The Morgan fingerprint density at radius 2 is 1.94 bits per heavy atom. The molecule has 31 heavy (non-hydrogen) atoms. The maximum absolute atomic E-state index is 11.9. The van der Waals surface area contributed by atoms with Crippen molar-refractivity contribution in [2.45, 2.75) is 13.8 Å². The van der Waals surface area contributed by atoms with E-state index in [0.717, 1.165) is 11.3 Å². The van der Waals surface area contributed by atoms with Crippen molar-refractivity contribution in [3.05, 3.63) is 71.6 Å². The number of aromatic nitrogens is 2. The molecule has 4 aromatic rings. The Labute approximate surface area is 178 Å². The smallest absolute Gasteiger partial charge is 0.337 e. The minimum atomic E-state index is -1.09. The van der Waals surface area contributed by atoms with Gasteiger partial charge in [-0.05, 0) is 43.7 Å². The average Bonchev–Trinajstić information content (AvgIpc) is 3.31. The summed E-state index contributed by atoms with van der Waals surface area (Å²) in [4.78, 5) is 11.9. The summed E-state index contributed by atoms with van der Waals surface area (Å²) in [5, 5.41) is 27.4. The molecule has 0 fully saturated rings. The molecular weight excluding hydrogens is 398 g/mol. The average molecular weight is 419 g/mol. The van der Waals surface area contributed by atoms with Crippen LogP contribution >= 0.6 is 0 Å². The second kappa shape index (κ2) is 7.91. The van der Waals surface area contributed by atoms with E-state index in [1.807, 2.05) is 38.1 Å². The van der Waals surface area contributed by atoms with Crippen molar-refractivity contribution in [2.24, 2.45) is 0 Å². The summed E-state index contributed by atoms with van der Waals surface area (Å²) in [7, 11) is 1.48. The third-order valence-corrected chi connectivity index (χ3v) is 4.99. The van der Waals surface area contributed by atoms with Gasteiger partial charge in [-0.15, -0.1) is 0 Å². The number of nitrogens with one attached hydrogen (secondary N) is 1. The molecule has 0 amide bonds. The predicted molar refractivity (Wildman–Crippen MR) is 116 cm³/mol. The summed E-state index contributed by atoms with van der Waals surface area (Å²) in [5.41, 5.74) is 4.21. The number of carboxylic acids is 1. The highest BCUT2D eigenvalue weighted by Gasteiger charge is 2.23. The molecule has 0 bridgehead atoms. The molecule has 4 rings (SSSR count). The zero-order valence-electron chi connectivity index (χ0n) is 17.2. The molecule has 8 nitrogen and oxygen atoms in total. The third-order valence-electron chi connectivity index (χ3n) is 4.99. The van der Waals surface area contributed by atoms with Crippen LogP contribution in [0.2, 0.25) is 0 Å². The highest BCUT2D eigenvalue weighted by Crippen LogP contribution is 2.38. The van der Waals surface area contributed by atoms with Crippen LogP contribution in [0.4, 0.5) is 11.5 Å². The molecule has 0 aliphatic carbocycles. The number of hydrogen-bond acceptors (Lipinski definition) is 6. The van der Waals surface area contributed by atoms with Gasteiger partial charge >= 0.3 is 5.97 Å². The second-order valence-corrected chi connectivity index (χ2v) is 7.02. The first-order valence-corrected chi connectivity index (χ1v) is 9.51. The summed E-state index contributed by atoms with van der Waals surface area (Å²) >= 11 is 0. The van der Waals surface area contributed by atoms with Gasteiger partial charge in [0.05, 0.1) is 35.3 Å². The monoisotopic (exact) mass is 419 g/mol. The molecule has 0 unspecified atom stereocenters. The zero-order chi connectivity index (χ0) is 22.1. The van der Waals surface area contributed by atoms with Crippen LogP contribution in [0.3, 0.4) is 0 Å². The van der Waals surface area contributed by atoms with Crippen LogP contribution in [0.15, 0.2) is 59.2 Å². The SMILES string of the molecule is COc1ccc(Nc2c(-c3coc(O)c3)c(C)nn2-c2ccccc2C)c(C(=O)O)c1. The highest BCUT2D eigenvalue weighted by molar-refractivity contribution is 5.96. The van der Waals surface area contributed by atoms with E-state index in [9.17, 15) is 15.0 Å². The first-order chi connectivity index (χ1) is 14.9. The minimum Gasteiger partial charge on any atom is -0.497 e. The lowest BCUT2D eigenvalue weighted by molar-refractivity contribution is 0.0697. The number of aromatic carboxylic acids is 1. The fraction of sp³-hybridized carbons (Fsp3) is 0.130. The number of para-hydroxylation sites is 1. The number of hydrogen-bond donors (Lipinski definition) is 3. The normalized spacial score (nSPS) is 10.8. The molecule has 0 atom stereocenters. The van der Waals surface area contributed by atoms with Gasteiger partial charge in [0.1, 0.15) is 17.8 Å². The number of carbonyl (C=O) groups is 1. The maximum Gasteiger partial charge on any atom is 0.337 e. The van der Waals surface area contributed by atoms with Gasteiger partial charge in [-0.2, -0.15) is 5.10 Å². The Bertz CT molecular complexity index is 1270. The van der Waals surface area contributed by atoms with Crippen molar-refractivity contribution >= 4 is 17.5 Å². The Balaban J connectivity index is 1.94. The van der Waals surface area contributed by atoms with Gasteiger partial charge in [0, 0.05) is 11.6 Å². The van der Waals surface area contributed by atoms with Gasteiger partial charge in [0.25, 0.3) is 5.95 Å². The van der Waals surface area contributed by atoms with Crippen LogP contribution in [-0.4, -0.2) is 33.1 Å². The Kier molecular flexibility index (Phi) is 5.12. The zero-order valence-corrected chi connectivity index (χ0v) is 17.2. The van der Waals surface area contributed by atoms with Crippen molar-refractivity contribution in [1.29, 1.82) is 0 Å². The summed E-state index contributed by atoms with van der Waals surface area (Å²) in [6.45, 7) is 3.81. The standard InChI is InChI=1S/C23H21N3O5/c1-13-6-4-5-7-19(13)26-22(21(14(2)25-26)15-10-20(27)31-12-15)24-18-9-8-16(30-3)11-17(18)23(28)29/h4-12,24,27H,1-3H3,(H,28,29). The van der Waals surface area contributed by atoms with Crippen LogP contribution in [-0.2, 0) is 0 Å². The number of benzene rings is 2. The quantitative estimate of drug-likeness (QED) is 0.407. The molecule has 0 radical (unpaired) electrons. The summed E-state index contributed by atoms with van der Waals surface area (Å²) in [5.74, 6) is -0.339. The molecule has 2 heterocycles. The van der Waals surface area contributed by atoms with Crippen LogP contribution < -0.4 is 10.1 Å². The topological polar surface area (TPSA) is 110 Å². The number of aryl methyl sites for hydroxylation is 2. The number of anilines is 2. The van der Waals surface area contributed by atoms with Gasteiger partial charge in [0.2, 0.25) is 0 Å². The first kappa shape index (κ1) is 20.1. The van der Waals surface area contributed by atoms with Gasteiger partial charge in [0.15, 0.2) is 0 Å². The fourth-order valence-electron chi connectivity index (χ4n) is 3.48. The molecule has 158 valence electrons.